The lowest BCUT2D eigenvalue weighted by Crippen LogP contribution is -2.43. The highest BCUT2D eigenvalue weighted by Gasteiger charge is 2.41. The van der Waals surface area contributed by atoms with Crippen molar-refractivity contribution in [2.45, 2.75) is 56.4 Å². The minimum atomic E-state index is -1.03. The fraction of sp³-hybridized carbons (Fsp3) is 0.769. The Labute approximate surface area is 116 Å². The first kappa shape index (κ1) is 13.4. The van der Waals surface area contributed by atoms with E-state index in [1.807, 2.05) is 4.90 Å². The molecule has 20 heavy (non-hydrogen) atoms. The summed E-state index contributed by atoms with van der Waals surface area (Å²) in [7, 11) is 0. The van der Waals surface area contributed by atoms with E-state index in [9.17, 15) is 14.4 Å². The van der Waals surface area contributed by atoms with Gasteiger partial charge in [-0.25, -0.2) is 4.79 Å². The van der Waals surface area contributed by atoms with E-state index in [1.165, 1.54) is 0 Å². The van der Waals surface area contributed by atoms with Crippen LogP contribution in [0.15, 0.2) is 0 Å². The molecule has 0 radical (unpaired) electrons. The minimum Gasteiger partial charge on any atom is -0.479 e. The van der Waals surface area contributed by atoms with Gasteiger partial charge in [0.05, 0.1) is 6.04 Å². The molecule has 3 atom stereocenters. The number of carboxylic acids is 1. The van der Waals surface area contributed by atoms with Crippen molar-refractivity contribution in [2.24, 2.45) is 0 Å². The molecule has 7 nitrogen and oxygen atoms in total. The molecule has 1 saturated carbocycles. The van der Waals surface area contributed by atoms with Crippen LogP contribution in [0.25, 0.3) is 0 Å². The van der Waals surface area contributed by atoms with Crippen LogP contribution >= 0.6 is 0 Å². The van der Waals surface area contributed by atoms with Crippen LogP contribution in [0.1, 0.15) is 32.1 Å². The average Bonchev–Trinajstić information content (AvgIpc) is 2.98. The highest BCUT2D eigenvalue weighted by atomic mass is 16.5. The van der Waals surface area contributed by atoms with E-state index in [1.54, 1.807) is 0 Å². The van der Waals surface area contributed by atoms with E-state index in [-0.39, 0.29) is 17.9 Å². The largest absolute Gasteiger partial charge is 0.479 e. The van der Waals surface area contributed by atoms with E-state index in [4.69, 9.17) is 9.84 Å². The minimum absolute atomic E-state index is 0.0913. The van der Waals surface area contributed by atoms with Crippen LogP contribution in [0, 0.1) is 0 Å². The van der Waals surface area contributed by atoms with Crippen molar-refractivity contribution in [3.05, 3.63) is 0 Å². The van der Waals surface area contributed by atoms with Gasteiger partial charge in [-0.3, -0.25) is 9.59 Å². The number of carbonyl (C=O) groups is 3. The van der Waals surface area contributed by atoms with Crippen molar-refractivity contribution in [1.29, 1.82) is 0 Å². The van der Waals surface area contributed by atoms with E-state index in [0.29, 0.717) is 31.8 Å². The standard InChI is InChI=1S/C13H18N2O5/c16-11-5-7(6-15(11)8-1-2-8)14-12(17)9-3-4-10(20-9)13(18)19/h7-10H,1-6H2,(H,14,17)(H,18,19)/t7?,9-,10+/m0/s1. The molecular formula is C13H18N2O5. The summed E-state index contributed by atoms with van der Waals surface area (Å²) in [5.41, 5.74) is 0. The molecule has 110 valence electrons. The molecule has 2 aliphatic heterocycles. The van der Waals surface area contributed by atoms with Gasteiger partial charge < -0.3 is 20.1 Å². The second-order valence-electron chi connectivity index (χ2n) is 5.72. The molecule has 0 bridgehead atoms. The van der Waals surface area contributed by atoms with E-state index in [0.717, 1.165) is 12.8 Å². The van der Waals surface area contributed by atoms with Gasteiger partial charge in [0.2, 0.25) is 11.8 Å². The summed E-state index contributed by atoms with van der Waals surface area (Å²) in [6.45, 7) is 0.560. The Morgan fingerprint density at radius 2 is 1.90 bits per heavy atom. The first-order valence-electron chi connectivity index (χ1n) is 7.02. The zero-order valence-electron chi connectivity index (χ0n) is 11.1. The summed E-state index contributed by atoms with van der Waals surface area (Å²) >= 11 is 0. The zero-order chi connectivity index (χ0) is 14.3. The predicted molar refractivity (Wildman–Crippen MR) is 66.8 cm³/mol. The lowest BCUT2D eigenvalue weighted by molar-refractivity contribution is -0.151. The van der Waals surface area contributed by atoms with Gasteiger partial charge in [0.15, 0.2) is 6.10 Å². The second kappa shape index (κ2) is 5.05. The van der Waals surface area contributed by atoms with Gasteiger partial charge in [-0.15, -0.1) is 0 Å². The van der Waals surface area contributed by atoms with Gasteiger partial charge in [-0.05, 0) is 25.7 Å². The van der Waals surface area contributed by atoms with Crippen LogP contribution in [-0.2, 0) is 19.1 Å². The van der Waals surface area contributed by atoms with Gasteiger partial charge in [0, 0.05) is 19.0 Å². The Bertz CT molecular complexity index is 448. The molecule has 3 aliphatic rings. The molecule has 2 amide bonds. The van der Waals surface area contributed by atoms with Gasteiger partial charge in [0.25, 0.3) is 0 Å². The Morgan fingerprint density at radius 3 is 2.50 bits per heavy atom. The third-order valence-corrected chi connectivity index (χ3v) is 4.08. The first-order chi connectivity index (χ1) is 9.54. The topological polar surface area (TPSA) is 95.9 Å². The second-order valence-corrected chi connectivity index (χ2v) is 5.72. The maximum absolute atomic E-state index is 12.0. The van der Waals surface area contributed by atoms with Crippen molar-refractivity contribution in [3.8, 4) is 0 Å². The van der Waals surface area contributed by atoms with Crippen LogP contribution in [0.3, 0.4) is 0 Å². The fourth-order valence-electron chi connectivity index (χ4n) is 2.87. The molecule has 0 aromatic heterocycles. The van der Waals surface area contributed by atoms with Crippen LogP contribution in [0.4, 0.5) is 0 Å². The average molecular weight is 282 g/mol. The Morgan fingerprint density at radius 1 is 1.20 bits per heavy atom. The molecule has 7 heteroatoms. The van der Waals surface area contributed by atoms with Crippen LogP contribution in [-0.4, -0.2) is 58.6 Å². The fourth-order valence-corrected chi connectivity index (χ4v) is 2.87. The van der Waals surface area contributed by atoms with Crippen LogP contribution in [0.5, 0.6) is 0 Å². The number of nitrogens with zero attached hydrogens (tertiary/aromatic N) is 1. The quantitative estimate of drug-likeness (QED) is 0.724. The Balaban J connectivity index is 1.50. The smallest absolute Gasteiger partial charge is 0.332 e. The number of nitrogens with one attached hydrogen (secondary N) is 1. The van der Waals surface area contributed by atoms with Crippen molar-refractivity contribution >= 4 is 17.8 Å². The third-order valence-electron chi connectivity index (χ3n) is 4.08. The van der Waals surface area contributed by atoms with Crippen molar-refractivity contribution in [1.82, 2.24) is 10.2 Å². The summed E-state index contributed by atoms with van der Waals surface area (Å²) in [6.07, 6.45) is 1.61. The lowest BCUT2D eigenvalue weighted by atomic mass is 10.1. The third kappa shape index (κ3) is 2.63. The summed E-state index contributed by atoms with van der Waals surface area (Å²) in [5, 5.41) is 11.6. The SMILES string of the molecule is O=C(NC1CC(=O)N(C2CC2)C1)[C@@H]1CC[C@H](C(=O)O)O1. The highest BCUT2D eigenvalue weighted by molar-refractivity contribution is 5.85. The molecule has 1 aliphatic carbocycles. The number of ether oxygens (including phenoxy) is 1. The Kier molecular flexibility index (Phi) is 3.37. The summed E-state index contributed by atoms with van der Waals surface area (Å²) in [4.78, 5) is 36.4. The molecule has 2 N–H and O–H groups in total. The van der Waals surface area contributed by atoms with Gasteiger partial charge in [-0.1, -0.05) is 0 Å². The molecule has 2 saturated heterocycles. The number of likely N-dealkylation sites (tertiary alicyclic amines) is 1. The molecular weight excluding hydrogens is 264 g/mol. The molecule has 0 aromatic rings. The lowest BCUT2D eigenvalue weighted by Gasteiger charge is -2.18. The first-order valence-corrected chi connectivity index (χ1v) is 7.02. The number of carboxylic acid groups (broad SMARTS) is 1. The summed E-state index contributed by atoms with van der Waals surface area (Å²) in [5.74, 6) is -1.24. The van der Waals surface area contributed by atoms with Crippen LogP contribution in [0.2, 0.25) is 0 Å². The molecule has 0 spiro atoms. The van der Waals surface area contributed by atoms with Crippen molar-refractivity contribution < 1.29 is 24.2 Å². The van der Waals surface area contributed by atoms with Gasteiger partial charge in [0.1, 0.15) is 6.10 Å². The zero-order valence-corrected chi connectivity index (χ0v) is 11.1. The van der Waals surface area contributed by atoms with Crippen molar-refractivity contribution in [3.63, 3.8) is 0 Å². The molecule has 3 fully saturated rings. The number of amides is 2. The normalized spacial score (nSPS) is 33.5. The monoisotopic (exact) mass is 282 g/mol. The number of hydrogen-bond donors (Lipinski definition) is 2. The Hall–Kier alpha value is -1.63. The summed E-state index contributed by atoms with van der Waals surface area (Å²) in [6, 6.07) is 0.187. The van der Waals surface area contributed by atoms with Gasteiger partial charge >= 0.3 is 5.97 Å². The van der Waals surface area contributed by atoms with E-state index < -0.39 is 18.2 Å². The maximum Gasteiger partial charge on any atom is 0.332 e. The molecule has 1 unspecified atom stereocenters. The number of carbonyl (C=O) groups excluding carboxylic acids is 2. The summed E-state index contributed by atoms with van der Waals surface area (Å²) < 4.78 is 5.20. The number of hydrogen-bond acceptors (Lipinski definition) is 4. The van der Waals surface area contributed by atoms with Crippen molar-refractivity contribution in [2.75, 3.05) is 6.54 Å². The molecule has 2 heterocycles. The van der Waals surface area contributed by atoms with E-state index >= 15 is 0 Å². The number of aliphatic carboxylic acids is 1. The molecule has 3 rings (SSSR count). The highest BCUT2D eigenvalue weighted by Crippen LogP contribution is 2.30. The maximum atomic E-state index is 12.0. The van der Waals surface area contributed by atoms with E-state index in [2.05, 4.69) is 5.32 Å². The number of rotatable bonds is 4. The predicted octanol–water partition coefficient (Wildman–Crippen LogP) is -0.502. The van der Waals surface area contributed by atoms with Gasteiger partial charge in [-0.2, -0.15) is 0 Å². The molecule has 0 aromatic carbocycles. The van der Waals surface area contributed by atoms with Crippen LogP contribution < -0.4 is 5.32 Å².